The van der Waals surface area contributed by atoms with Crippen LogP contribution in [-0.2, 0) is 4.79 Å². The molecule has 3 N–H and O–H groups in total. The van der Waals surface area contributed by atoms with Crippen molar-refractivity contribution in [3.8, 4) is 0 Å². The van der Waals surface area contributed by atoms with Gasteiger partial charge < -0.3 is 10.6 Å². The molecule has 0 unspecified atom stereocenters. The quantitative estimate of drug-likeness (QED) is 0.538. The van der Waals surface area contributed by atoms with E-state index in [0.29, 0.717) is 6.54 Å². The monoisotopic (exact) mass is 171 g/mol. The third kappa shape index (κ3) is 1.40. The molecular weight excluding hydrogens is 158 g/mol. The van der Waals surface area contributed by atoms with E-state index in [4.69, 9.17) is 5.73 Å². The number of nitrogens with one attached hydrogen (secondary N) is 1. The largest absolute Gasteiger partial charge is 0.328 e. The summed E-state index contributed by atoms with van der Waals surface area (Å²) in [5.74, 6) is -0.262. The summed E-state index contributed by atoms with van der Waals surface area (Å²) >= 11 is 0. The molecule has 3 amide bonds. The van der Waals surface area contributed by atoms with Crippen LogP contribution in [0.2, 0.25) is 0 Å². The highest BCUT2D eigenvalue weighted by atomic mass is 16.2. The fraction of sp³-hybridized carbons (Fsp3) is 0.714. The topological polar surface area (TPSA) is 75.4 Å². The molecule has 68 valence electrons. The maximum Gasteiger partial charge on any atom is 0.325 e. The fourth-order valence-electron chi connectivity index (χ4n) is 1.04. The smallest absolute Gasteiger partial charge is 0.325 e. The Morgan fingerprint density at radius 2 is 2.17 bits per heavy atom. The maximum absolute atomic E-state index is 11.1. The van der Waals surface area contributed by atoms with E-state index in [-0.39, 0.29) is 18.5 Å². The molecule has 0 aromatic rings. The third-order valence-corrected chi connectivity index (χ3v) is 2.02. The van der Waals surface area contributed by atoms with E-state index in [1.165, 1.54) is 4.90 Å². The van der Waals surface area contributed by atoms with Crippen molar-refractivity contribution in [2.45, 2.75) is 19.4 Å². The number of rotatable bonds is 2. The van der Waals surface area contributed by atoms with Crippen LogP contribution in [0.1, 0.15) is 13.8 Å². The average Bonchev–Trinajstić information content (AvgIpc) is 2.31. The summed E-state index contributed by atoms with van der Waals surface area (Å²) in [7, 11) is 0. The Labute approximate surface area is 70.9 Å². The lowest BCUT2D eigenvalue weighted by Gasteiger charge is -2.32. The molecule has 0 saturated carbocycles. The van der Waals surface area contributed by atoms with Gasteiger partial charge in [-0.2, -0.15) is 0 Å². The molecule has 1 fully saturated rings. The van der Waals surface area contributed by atoms with Crippen molar-refractivity contribution in [3.05, 3.63) is 0 Å². The van der Waals surface area contributed by atoms with Crippen molar-refractivity contribution in [2.75, 3.05) is 13.1 Å². The second-order valence-corrected chi connectivity index (χ2v) is 3.46. The molecule has 1 aliphatic rings. The Bertz CT molecular complexity index is 225. The number of hydrogen-bond donors (Lipinski definition) is 2. The van der Waals surface area contributed by atoms with E-state index in [9.17, 15) is 9.59 Å². The van der Waals surface area contributed by atoms with Crippen LogP contribution >= 0.6 is 0 Å². The molecule has 5 heteroatoms. The van der Waals surface area contributed by atoms with Crippen molar-refractivity contribution in [3.63, 3.8) is 0 Å². The minimum atomic E-state index is -0.448. The number of carbonyl (C=O) groups excluding carboxylic acids is 2. The number of carbonyl (C=O) groups is 2. The second kappa shape index (κ2) is 2.75. The fourth-order valence-corrected chi connectivity index (χ4v) is 1.04. The highest BCUT2D eigenvalue weighted by Gasteiger charge is 2.36. The highest BCUT2D eigenvalue weighted by Crippen LogP contribution is 2.15. The molecule has 0 aliphatic carbocycles. The first-order valence-electron chi connectivity index (χ1n) is 3.79. The number of urea groups is 1. The number of nitrogens with two attached hydrogens (primary N) is 1. The van der Waals surface area contributed by atoms with E-state index in [1.54, 1.807) is 0 Å². The molecule has 0 bridgehead atoms. The first kappa shape index (κ1) is 8.99. The number of hydrogen-bond acceptors (Lipinski definition) is 3. The summed E-state index contributed by atoms with van der Waals surface area (Å²) in [6.07, 6.45) is 0. The lowest BCUT2D eigenvalue weighted by Crippen LogP contribution is -2.50. The van der Waals surface area contributed by atoms with Crippen LogP contribution in [-0.4, -0.2) is 35.5 Å². The van der Waals surface area contributed by atoms with Crippen LogP contribution in [0.25, 0.3) is 0 Å². The van der Waals surface area contributed by atoms with Gasteiger partial charge in [0.2, 0.25) is 5.91 Å². The van der Waals surface area contributed by atoms with E-state index >= 15 is 0 Å². The van der Waals surface area contributed by atoms with Gasteiger partial charge in [-0.15, -0.1) is 0 Å². The summed E-state index contributed by atoms with van der Waals surface area (Å²) in [4.78, 5) is 23.4. The van der Waals surface area contributed by atoms with Crippen molar-refractivity contribution < 1.29 is 9.59 Å². The Morgan fingerprint density at radius 3 is 2.50 bits per heavy atom. The SMILES string of the molecule is CC(C)(CN)N1CC(=O)NC1=O. The number of amides is 3. The molecule has 1 heterocycles. The molecule has 1 aliphatic heterocycles. The Balaban J connectivity index is 2.76. The zero-order valence-corrected chi connectivity index (χ0v) is 7.26. The summed E-state index contributed by atoms with van der Waals surface area (Å²) in [6.45, 7) is 4.10. The molecular formula is C7H13N3O2. The molecule has 0 atom stereocenters. The van der Waals surface area contributed by atoms with Crippen LogP contribution in [0.4, 0.5) is 4.79 Å². The van der Waals surface area contributed by atoms with Crippen molar-refractivity contribution in [2.24, 2.45) is 5.73 Å². The van der Waals surface area contributed by atoms with Gasteiger partial charge in [-0.3, -0.25) is 10.1 Å². The molecule has 5 nitrogen and oxygen atoms in total. The molecule has 0 spiro atoms. The van der Waals surface area contributed by atoms with Gasteiger partial charge in [0.05, 0.1) is 5.54 Å². The summed E-state index contributed by atoms with van der Waals surface area (Å²) in [5.41, 5.74) is 5.01. The molecule has 0 radical (unpaired) electrons. The van der Waals surface area contributed by atoms with Gasteiger partial charge in [0.25, 0.3) is 0 Å². The van der Waals surface area contributed by atoms with Crippen LogP contribution in [0, 0.1) is 0 Å². The van der Waals surface area contributed by atoms with Crippen LogP contribution in [0.5, 0.6) is 0 Å². The second-order valence-electron chi connectivity index (χ2n) is 3.46. The van der Waals surface area contributed by atoms with Gasteiger partial charge in [-0.1, -0.05) is 0 Å². The van der Waals surface area contributed by atoms with Gasteiger partial charge in [-0.25, -0.2) is 4.79 Å². The van der Waals surface area contributed by atoms with E-state index in [1.807, 2.05) is 13.8 Å². The predicted octanol–water partition coefficient (Wildman–Crippen LogP) is -0.724. The van der Waals surface area contributed by atoms with E-state index < -0.39 is 5.54 Å². The number of imide groups is 1. The van der Waals surface area contributed by atoms with Gasteiger partial charge in [0.15, 0.2) is 0 Å². The standard InChI is InChI=1S/C7H13N3O2/c1-7(2,4-8)10-3-5(11)9-6(10)12/h3-4,8H2,1-2H3,(H,9,11,12). The predicted molar refractivity (Wildman–Crippen MR) is 43.4 cm³/mol. The minimum absolute atomic E-state index is 0.114. The third-order valence-electron chi connectivity index (χ3n) is 2.02. The summed E-state index contributed by atoms with van der Waals surface area (Å²) in [6, 6.07) is -0.351. The maximum atomic E-state index is 11.1. The summed E-state index contributed by atoms with van der Waals surface area (Å²) in [5, 5.41) is 2.20. The molecule has 1 saturated heterocycles. The average molecular weight is 171 g/mol. The molecule has 12 heavy (non-hydrogen) atoms. The molecule has 1 rings (SSSR count). The molecule has 0 aromatic carbocycles. The van der Waals surface area contributed by atoms with Gasteiger partial charge in [0, 0.05) is 6.54 Å². The van der Waals surface area contributed by atoms with Crippen molar-refractivity contribution in [1.82, 2.24) is 10.2 Å². The van der Waals surface area contributed by atoms with Crippen molar-refractivity contribution >= 4 is 11.9 Å². The van der Waals surface area contributed by atoms with Gasteiger partial charge >= 0.3 is 6.03 Å². The van der Waals surface area contributed by atoms with Gasteiger partial charge in [-0.05, 0) is 13.8 Å². The Kier molecular flexibility index (Phi) is 2.06. The Morgan fingerprint density at radius 1 is 1.58 bits per heavy atom. The summed E-state index contributed by atoms with van der Waals surface area (Å²) < 4.78 is 0. The van der Waals surface area contributed by atoms with Gasteiger partial charge in [0.1, 0.15) is 6.54 Å². The first-order valence-corrected chi connectivity index (χ1v) is 3.79. The Hall–Kier alpha value is -1.10. The van der Waals surface area contributed by atoms with Crippen LogP contribution in [0.15, 0.2) is 0 Å². The van der Waals surface area contributed by atoms with Crippen LogP contribution in [0.3, 0.4) is 0 Å². The molecule has 0 aromatic heterocycles. The highest BCUT2D eigenvalue weighted by molar-refractivity contribution is 6.02. The van der Waals surface area contributed by atoms with Crippen molar-refractivity contribution in [1.29, 1.82) is 0 Å². The lowest BCUT2D eigenvalue weighted by molar-refractivity contribution is -0.118. The van der Waals surface area contributed by atoms with Crippen LogP contribution < -0.4 is 11.1 Å². The van der Waals surface area contributed by atoms with E-state index in [0.717, 1.165) is 0 Å². The zero-order valence-electron chi connectivity index (χ0n) is 7.26. The first-order chi connectivity index (χ1) is 5.47. The zero-order chi connectivity index (χ0) is 9.35. The normalized spacial score (nSPS) is 18.4. The number of nitrogens with zero attached hydrogens (tertiary/aromatic N) is 1. The minimum Gasteiger partial charge on any atom is -0.328 e. The van der Waals surface area contributed by atoms with E-state index in [2.05, 4.69) is 5.32 Å². The lowest BCUT2D eigenvalue weighted by atomic mass is 10.0.